The van der Waals surface area contributed by atoms with Crippen LogP contribution in [0.15, 0.2) is 16.8 Å². The fourth-order valence-electron chi connectivity index (χ4n) is 0.950. The summed E-state index contributed by atoms with van der Waals surface area (Å²) in [6.45, 7) is 0.296. The average molecular weight is 228 g/mol. The number of hydrogen-bond acceptors (Lipinski definition) is 4. The van der Waals surface area contributed by atoms with Crippen LogP contribution in [0, 0.1) is 0 Å². The van der Waals surface area contributed by atoms with Gasteiger partial charge in [-0.3, -0.25) is 14.4 Å². The van der Waals surface area contributed by atoms with Gasteiger partial charge in [0.2, 0.25) is 5.91 Å². The van der Waals surface area contributed by atoms with Gasteiger partial charge in [-0.05, 0) is 11.4 Å². The van der Waals surface area contributed by atoms with Crippen LogP contribution < -0.4 is 10.8 Å². The lowest BCUT2D eigenvalue weighted by Gasteiger charge is -2.03. The van der Waals surface area contributed by atoms with Crippen LogP contribution in [0.5, 0.6) is 0 Å². The van der Waals surface area contributed by atoms with Gasteiger partial charge in [0.1, 0.15) is 0 Å². The van der Waals surface area contributed by atoms with E-state index >= 15 is 0 Å². The smallest absolute Gasteiger partial charge is 0.252 e. The Kier molecular flexibility index (Phi) is 4.79. The van der Waals surface area contributed by atoms with E-state index < -0.39 is 0 Å². The molecule has 0 aromatic carbocycles. The van der Waals surface area contributed by atoms with Crippen molar-refractivity contribution in [1.29, 1.82) is 0 Å². The summed E-state index contributed by atoms with van der Waals surface area (Å²) in [6.07, 6.45) is 0.198. The summed E-state index contributed by atoms with van der Waals surface area (Å²) in [6, 6.07) is 1.73. The van der Waals surface area contributed by atoms with Gasteiger partial charge in [-0.2, -0.15) is 11.3 Å². The molecule has 1 heterocycles. The summed E-state index contributed by atoms with van der Waals surface area (Å²) in [5, 5.41) is 6.21. The molecule has 0 aliphatic rings. The standard InChI is InChI=1S/C9H12N2O3S/c1-14-11-8(12)2-4-10-9(13)7-3-5-15-6-7/h3,5-6H,2,4H2,1H3,(H,10,13)(H,11,12). The Balaban J connectivity index is 2.21. The molecule has 0 spiro atoms. The van der Waals surface area contributed by atoms with E-state index in [1.165, 1.54) is 18.4 Å². The minimum atomic E-state index is -0.261. The molecule has 0 saturated heterocycles. The molecule has 0 fully saturated rings. The minimum absolute atomic E-state index is 0.165. The van der Waals surface area contributed by atoms with Crippen LogP contribution in [-0.4, -0.2) is 25.5 Å². The van der Waals surface area contributed by atoms with Gasteiger partial charge in [-0.1, -0.05) is 0 Å². The molecule has 6 heteroatoms. The maximum absolute atomic E-state index is 11.4. The summed E-state index contributed by atoms with van der Waals surface area (Å²) in [5.41, 5.74) is 2.78. The minimum Gasteiger partial charge on any atom is -0.351 e. The van der Waals surface area contributed by atoms with Crippen molar-refractivity contribution >= 4 is 23.2 Å². The van der Waals surface area contributed by atoms with E-state index in [0.717, 1.165) is 0 Å². The zero-order valence-corrected chi connectivity index (χ0v) is 9.10. The molecule has 15 heavy (non-hydrogen) atoms. The first kappa shape index (κ1) is 11.7. The summed E-state index contributed by atoms with van der Waals surface area (Å²) in [4.78, 5) is 26.7. The molecule has 1 aromatic heterocycles. The van der Waals surface area contributed by atoms with E-state index in [4.69, 9.17) is 0 Å². The number of nitrogens with one attached hydrogen (secondary N) is 2. The van der Waals surface area contributed by atoms with Gasteiger partial charge in [0, 0.05) is 23.9 Å². The maximum atomic E-state index is 11.4. The number of hydroxylamine groups is 1. The van der Waals surface area contributed by atoms with Gasteiger partial charge in [-0.15, -0.1) is 0 Å². The number of hydrogen-bond donors (Lipinski definition) is 2. The number of carbonyl (C=O) groups excluding carboxylic acids is 2. The van der Waals surface area contributed by atoms with E-state index in [1.807, 2.05) is 5.38 Å². The second-order valence-electron chi connectivity index (χ2n) is 2.75. The topological polar surface area (TPSA) is 67.4 Å². The fraction of sp³-hybridized carbons (Fsp3) is 0.333. The lowest BCUT2D eigenvalue weighted by molar-refractivity contribution is -0.131. The molecule has 5 nitrogen and oxygen atoms in total. The number of thiophene rings is 1. The molecular formula is C9H12N2O3S. The Morgan fingerprint density at radius 2 is 2.33 bits per heavy atom. The highest BCUT2D eigenvalue weighted by atomic mass is 32.1. The van der Waals surface area contributed by atoms with Gasteiger partial charge in [0.05, 0.1) is 7.11 Å². The predicted molar refractivity (Wildman–Crippen MR) is 56.4 cm³/mol. The van der Waals surface area contributed by atoms with E-state index in [9.17, 15) is 9.59 Å². The van der Waals surface area contributed by atoms with E-state index in [2.05, 4.69) is 15.6 Å². The molecule has 0 bridgehead atoms. The average Bonchev–Trinajstić information content (AvgIpc) is 2.70. The Bertz CT molecular complexity index is 324. The molecule has 1 aromatic rings. The van der Waals surface area contributed by atoms with Crippen molar-refractivity contribution in [2.45, 2.75) is 6.42 Å². The third kappa shape index (κ3) is 4.09. The largest absolute Gasteiger partial charge is 0.351 e. The van der Waals surface area contributed by atoms with Crippen molar-refractivity contribution in [2.24, 2.45) is 0 Å². The molecular weight excluding hydrogens is 216 g/mol. The van der Waals surface area contributed by atoms with Crippen LogP contribution in [0.1, 0.15) is 16.8 Å². The van der Waals surface area contributed by atoms with Gasteiger partial charge < -0.3 is 5.32 Å². The highest BCUT2D eigenvalue weighted by molar-refractivity contribution is 7.08. The van der Waals surface area contributed by atoms with E-state index in [-0.39, 0.29) is 18.2 Å². The molecule has 0 radical (unpaired) electrons. The van der Waals surface area contributed by atoms with Crippen molar-refractivity contribution in [1.82, 2.24) is 10.8 Å². The second-order valence-corrected chi connectivity index (χ2v) is 3.53. The highest BCUT2D eigenvalue weighted by Crippen LogP contribution is 2.04. The second kappa shape index (κ2) is 6.15. The monoisotopic (exact) mass is 228 g/mol. The first-order valence-corrected chi connectivity index (χ1v) is 5.30. The number of rotatable bonds is 5. The van der Waals surface area contributed by atoms with Crippen LogP contribution >= 0.6 is 11.3 Å². The third-order valence-corrected chi connectivity index (χ3v) is 2.32. The summed E-state index contributed by atoms with van der Waals surface area (Å²) >= 11 is 1.46. The fourth-order valence-corrected chi connectivity index (χ4v) is 1.59. The van der Waals surface area contributed by atoms with Crippen LogP contribution in [0.3, 0.4) is 0 Å². The molecule has 82 valence electrons. The zero-order chi connectivity index (χ0) is 11.1. The Labute approximate surface area is 91.4 Å². The summed E-state index contributed by atoms with van der Waals surface area (Å²) < 4.78 is 0. The predicted octanol–water partition coefficient (Wildman–Crippen LogP) is 0.546. The highest BCUT2D eigenvalue weighted by Gasteiger charge is 2.06. The van der Waals surface area contributed by atoms with Crippen LogP contribution in [0.25, 0.3) is 0 Å². The summed E-state index contributed by atoms with van der Waals surface area (Å²) in [7, 11) is 1.36. The molecule has 0 aliphatic heterocycles. The quantitative estimate of drug-likeness (QED) is 0.723. The van der Waals surface area contributed by atoms with Crippen molar-refractivity contribution in [2.75, 3.05) is 13.7 Å². The molecule has 0 atom stereocenters. The van der Waals surface area contributed by atoms with Crippen LogP contribution in [0.2, 0.25) is 0 Å². The zero-order valence-electron chi connectivity index (χ0n) is 8.28. The van der Waals surface area contributed by atoms with Gasteiger partial charge in [-0.25, -0.2) is 5.48 Å². The maximum Gasteiger partial charge on any atom is 0.252 e. The normalized spacial score (nSPS) is 9.67. The van der Waals surface area contributed by atoms with Crippen molar-refractivity contribution in [3.8, 4) is 0 Å². The lowest BCUT2D eigenvalue weighted by atomic mass is 10.3. The first-order valence-electron chi connectivity index (χ1n) is 4.36. The third-order valence-electron chi connectivity index (χ3n) is 1.64. The number of carbonyl (C=O) groups is 2. The molecule has 1 rings (SSSR count). The molecule has 2 N–H and O–H groups in total. The molecule has 0 aliphatic carbocycles. The Morgan fingerprint density at radius 3 is 2.93 bits per heavy atom. The van der Waals surface area contributed by atoms with Gasteiger partial charge >= 0.3 is 0 Å². The number of amides is 2. The van der Waals surface area contributed by atoms with Crippen LogP contribution in [0.4, 0.5) is 0 Å². The van der Waals surface area contributed by atoms with E-state index in [1.54, 1.807) is 11.4 Å². The summed E-state index contributed by atoms with van der Waals surface area (Å²) in [5.74, 6) is -0.426. The first-order chi connectivity index (χ1) is 7.24. The molecule has 0 unspecified atom stereocenters. The SMILES string of the molecule is CONC(=O)CCNC(=O)c1ccsc1. The molecule has 2 amide bonds. The van der Waals surface area contributed by atoms with Gasteiger partial charge in [0.25, 0.3) is 5.91 Å². The van der Waals surface area contributed by atoms with E-state index in [0.29, 0.717) is 12.1 Å². The van der Waals surface area contributed by atoms with Crippen molar-refractivity contribution < 1.29 is 14.4 Å². The van der Waals surface area contributed by atoms with Gasteiger partial charge in [0.15, 0.2) is 0 Å². The lowest BCUT2D eigenvalue weighted by Crippen LogP contribution is -2.30. The van der Waals surface area contributed by atoms with Crippen molar-refractivity contribution in [3.05, 3.63) is 22.4 Å². The van der Waals surface area contributed by atoms with Crippen LogP contribution in [-0.2, 0) is 9.63 Å². The van der Waals surface area contributed by atoms with Crippen molar-refractivity contribution in [3.63, 3.8) is 0 Å². The Hall–Kier alpha value is -1.40. The molecule has 0 saturated carbocycles. The Morgan fingerprint density at radius 1 is 1.53 bits per heavy atom.